The quantitative estimate of drug-likeness (QED) is 0.796. The number of aryl methyl sites for hydroxylation is 1. The third-order valence-corrected chi connectivity index (χ3v) is 2.73. The summed E-state index contributed by atoms with van der Waals surface area (Å²) >= 11 is 0. The molecule has 0 aliphatic carbocycles. The van der Waals surface area contributed by atoms with Crippen LogP contribution in [-0.2, 0) is 6.54 Å². The molecule has 2 N–H and O–H groups in total. The maximum atomic E-state index is 4.47. The summed E-state index contributed by atoms with van der Waals surface area (Å²) in [4.78, 5) is 12.7. The molecule has 0 atom stereocenters. The van der Waals surface area contributed by atoms with Crippen molar-refractivity contribution in [1.82, 2.24) is 19.5 Å². The lowest BCUT2D eigenvalue weighted by molar-refractivity contribution is 0.724. The topological polar surface area (TPSA) is 67.7 Å². The highest BCUT2D eigenvalue weighted by molar-refractivity contribution is 5.46. The van der Waals surface area contributed by atoms with Crippen molar-refractivity contribution in [2.24, 2.45) is 0 Å². The Morgan fingerprint density at radius 1 is 1.26 bits per heavy atom. The zero-order valence-corrected chi connectivity index (χ0v) is 11.4. The fraction of sp³-hybridized carbons (Fsp3) is 0.462. The van der Waals surface area contributed by atoms with Gasteiger partial charge in [-0.25, -0.2) is 9.97 Å². The van der Waals surface area contributed by atoms with Crippen LogP contribution in [0.25, 0.3) is 0 Å². The van der Waals surface area contributed by atoms with E-state index in [4.69, 9.17) is 0 Å². The maximum absolute atomic E-state index is 4.47. The zero-order valence-electron chi connectivity index (χ0n) is 11.4. The second-order valence-electron chi connectivity index (χ2n) is 4.38. The fourth-order valence-corrected chi connectivity index (χ4v) is 1.67. The first-order valence-electron chi connectivity index (χ1n) is 6.56. The average Bonchev–Trinajstić information content (AvgIpc) is 2.92. The summed E-state index contributed by atoms with van der Waals surface area (Å²) in [6, 6.07) is 0. The second kappa shape index (κ2) is 6.72. The third-order valence-electron chi connectivity index (χ3n) is 2.73. The molecule has 6 heteroatoms. The predicted octanol–water partition coefficient (Wildman–Crippen LogP) is 1.92. The van der Waals surface area contributed by atoms with Crippen molar-refractivity contribution < 1.29 is 0 Å². The van der Waals surface area contributed by atoms with Gasteiger partial charge < -0.3 is 15.2 Å². The Morgan fingerprint density at radius 3 is 2.89 bits per heavy atom. The number of anilines is 2. The van der Waals surface area contributed by atoms with E-state index in [1.165, 1.54) is 0 Å². The van der Waals surface area contributed by atoms with E-state index in [-0.39, 0.29) is 0 Å². The van der Waals surface area contributed by atoms with Crippen LogP contribution in [0.5, 0.6) is 0 Å². The van der Waals surface area contributed by atoms with E-state index in [0.717, 1.165) is 37.4 Å². The largest absolute Gasteiger partial charge is 0.368 e. The summed E-state index contributed by atoms with van der Waals surface area (Å²) < 4.78 is 2.03. The van der Waals surface area contributed by atoms with Crippen LogP contribution in [0.15, 0.2) is 24.9 Å². The minimum Gasteiger partial charge on any atom is -0.368 e. The highest BCUT2D eigenvalue weighted by Crippen LogP contribution is 2.12. The number of aromatic nitrogens is 4. The van der Waals surface area contributed by atoms with E-state index >= 15 is 0 Å². The first-order valence-corrected chi connectivity index (χ1v) is 6.56. The number of rotatable bonds is 7. The standard InChI is InChI=1S/C13H20N6/c1-3-4-16-13-17-9-11(2)12(18-13)15-6-8-19-7-5-14-10-19/h5,7,9-10H,3-4,6,8H2,1-2H3,(H2,15,16,17,18). The van der Waals surface area contributed by atoms with Gasteiger partial charge >= 0.3 is 0 Å². The van der Waals surface area contributed by atoms with E-state index in [2.05, 4.69) is 32.5 Å². The lowest BCUT2D eigenvalue weighted by Gasteiger charge is -2.10. The van der Waals surface area contributed by atoms with Crippen molar-refractivity contribution >= 4 is 11.8 Å². The van der Waals surface area contributed by atoms with Gasteiger partial charge in [-0.2, -0.15) is 4.98 Å². The normalized spacial score (nSPS) is 10.4. The smallest absolute Gasteiger partial charge is 0.224 e. The number of nitrogens with one attached hydrogen (secondary N) is 2. The van der Waals surface area contributed by atoms with Crippen molar-refractivity contribution in [2.75, 3.05) is 23.7 Å². The van der Waals surface area contributed by atoms with E-state index in [1.54, 1.807) is 6.20 Å². The molecule has 2 heterocycles. The summed E-state index contributed by atoms with van der Waals surface area (Å²) in [5.74, 6) is 1.56. The maximum Gasteiger partial charge on any atom is 0.224 e. The Bertz CT molecular complexity index is 494. The van der Waals surface area contributed by atoms with Gasteiger partial charge in [-0.05, 0) is 13.3 Å². The lowest BCUT2D eigenvalue weighted by atomic mass is 10.3. The molecule has 0 unspecified atom stereocenters. The van der Waals surface area contributed by atoms with Gasteiger partial charge in [-0.15, -0.1) is 0 Å². The zero-order chi connectivity index (χ0) is 13.5. The van der Waals surface area contributed by atoms with Gasteiger partial charge in [0.15, 0.2) is 0 Å². The molecule has 0 aliphatic heterocycles. The minimum atomic E-state index is 0.678. The monoisotopic (exact) mass is 260 g/mol. The van der Waals surface area contributed by atoms with Crippen molar-refractivity contribution in [1.29, 1.82) is 0 Å². The van der Waals surface area contributed by atoms with Crippen LogP contribution in [0.3, 0.4) is 0 Å². The van der Waals surface area contributed by atoms with Crippen LogP contribution in [-0.4, -0.2) is 32.6 Å². The highest BCUT2D eigenvalue weighted by atomic mass is 15.1. The van der Waals surface area contributed by atoms with Crippen molar-refractivity contribution in [3.8, 4) is 0 Å². The second-order valence-corrected chi connectivity index (χ2v) is 4.38. The first-order chi connectivity index (χ1) is 9.29. The van der Waals surface area contributed by atoms with E-state index in [0.29, 0.717) is 5.95 Å². The molecular formula is C13H20N6. The highest BCUT2D eigenvalue weighted by Gasteiger charge is 2.02. The Labute approximate surface area is 113 Å². The summed E-state index contributed by atoms with van der Waals surface area (Å²) in [5.41, 5.74) is 1.05. The Hall–Kier alpha value is -2.11. The van der Waals surface area contributed by atoms with Crippen molar-refractivity contribution in [3.63, 3.8) is 0 Å². The summed E-state index contributed by atoms with van der Waals surface area (Å²) in [5, 5.41) is 6.52. The number of hydrogen-bond donors (Lipinski definition) is 2. The fourth-order valence-electron chi connectivity index (χ4n) is 1.67. The van der Waals surface area contributed by atoms with Crippen molar-refractivity contribution in [3.05, 3.63) is 30.5 Å². The molecule has 2 rings (SSSR count). The molecule has 2 aromatic rings. The van der Waals surface area contributed by atoms with Crippen LogP contribution in [0, 0.1) is 6.92 Å². The molecule has 0 aromatic carbocycles. The Balaban J connectivity index is 1.90. The molecule has 0 saturated carbocycles. The van der Waals surface area contributed by atoms with E-state index < -0.39 is 0 Å². The Kier molecular flexibility index (Phi) is 4.72. The number of imidazole rings is 1. The third kappa shape index (κ3) is 3.94. The average molecular weight is 260 g/mol. The van der Waals surface area contributed by atoms with Crippen LogP contribution in [0.1, 0.15) is 18.9 Å². The molecule has 0 aliphatic rings. The predicted molar refractivity (Wildman–Crippen MR) is 76.3 cm³/mol. The van der Waals surface area contributed by atoms with Crippen molar-refractivity contribution in [2.45, 2.75) is 26.8 Å². The van der Waals surface area contributed by atoms with Gasteiger partial charge in [0, 0.05) is 43.8 Å². The molecule has 102 valence electrons. The van der Waals surface area contributed by atoms with E-state index in [1.807, 2.05) is 30.2 Å². The summed E-state index contributed by atoms with van der Waals surface area (Å²) in [6.45, 7) is 6.68. The van der Waals surface area contributed by atoms with E-state index in [9.17, 15) is 0 Å². The summed E-state index contributed by atoms with van der Waals surface area (Å²) in [7, 11) is 0. The molecule has 0 bridgehead atoms. The molecule has 0 radical (unpaired) electrons. The van der Waals surface area contributed by atoms with Gasteiger partial charge in [0.2, 0.25) is 5.95 Å². The van der Waals surface area contributed by atoms with Gasteiger partial charge in [-0.1, -0.05) is 6.92 Å². The SMILES string of the molecule is CCCNc1ncc(C)c(NCCn2ccnc2)n1. The molecule has 2 aromatic heterocycles. The van der Waals surface area contributed by atoms with Crippen LogP contribution in [0.2, 0.25) is 0 Å². The number of nitrogens with zero attached hydrogens (tertiary/aromatic N) is 4. The molecule has 19 heavy (non-hydrogen) atoms. The van der Waals surface area contributed by atoms with Gasteiger partial charge in [0.25, 0.3) is 0 Å². The molecule has 6 nitrogen and oxygen atoms in total. The molecule has 0 spiro atoms. The molecule has 0 fully saturated rings. The van der Waals surface area contributed by atoms with Gasteiger partial charge in [0.05, 0.1) is 6.33 Å². The van der Waals surface area contributed by atoms with Gasteiger partial charge in [0.1, 0.15) is 5.82 Å². The van der Waals surface area contributed by atoms with Gasteiger partial charge in [-0.3, -0.25) is 0 Å². The molecule has 0 amide bonds. The van der Waals surface area contributed by atoms with Crippen LogP contribution in [0.4, 0.5) is 11.8 Å². The Morgan fingerprint density at radius 2 is 2.16 bits per heavy atom. The molecular weight excluding hydrogens is 240 g/mol. The summed E-state index contributed by atoms with van der Waals surface area (Å²) in [6.07, 6.45) is 8.43. The molecule has 0 saturated heterocycles. The number of hydrogen-bond acceptors (Lipinski definition) is 5. The lowest BCUT2D eigenvalue weighted by Crippen LogP contribution is -2.13. The van der Waals surface area contributed by atoms with Crippen LogP contribution < -0.4 is 10.6 Å². The first kappa shape index (κ1) is 13.3. The van der Waals surface area contributed by atoms with Crippen LogP contribution >= 0.6 is 0 Å². The minimum absolute atomic E-state index is 0.678.